The van der Waals surface area contributed by atoms with Crippen molar-refractivity contribution in [2.75, 3.05) is 0 Å². The van der Waals surface area contributed by atoms with Gasteiger partial charge < -0.3 is 13.8 Å². The number of hydrogen-bond acceptors (Lipinski definition) is 9. The van der Waals surface area contributed by atoms with Gasteiger partial charge in [0.05, 0.1) is 6.42 Å². The highest BCUT2D eigenvalue weighted by molar-refractivity contribution is 7.08. The summed E-state index contributed by atoms with van der Waals surface area (Å²) in [4.78, 5) is 20.4. The van der Waals surface area contributed by atoms with E-state index in [4.69, 9.17) is 13.8 Å². The lowest BCUT2D eigenvalue weighted by Gasteiger charge is -2.08. The van der Waals surface area contributed by atoms with Crippen LogP contribution < -0.4 is 0 Å². The number of thiophene rings is 1. The van der Waals surface area contributed by atoms with Crippen LogP contribution in [0.3, 0.4) is 0 Å². The van der Waals surface area contributed by atoms with Crippen molar-refractivity contribution >= 4 is 17.3 Å². The molecule has 0 saturated heterocycles. The molecule has 1 unspecified atom stereocenters. The van der Waals surface area contributed by atoms with Crippen LogP contribution in [0, 0.1) is 0 Å². The van der Waals surface area contributed by atoms with E-state index in [1.807, 2.05) is 23.8 Å². The van der Waals surface area contributed by atoms with Gasteiger partial charge in [0.1, 0.15) is 0 Å². The summed E-state index contributed by atoms with van der Waals surface area (Å²) in [6.07, 6.45) is 1.51. The number of carbonyl (C=O) groups excluding carboxylic acids is 1. The average molecular weight is 362 g/mol. The molecule has 25 heavy (non-hydrogen) atoms. The minimum atomic E-state index is -0.588. The van der Waals surface area contributed by atoms with E-state index in [1.54, 1.807) is 18.3 Å². The van der Waals surface area contributed by atoms with Crippen LogP contribution in [0.15, 0.2) is 25.9 Å². The van der Waals surface area contributed by atoms with E-state index in [-0.39, 0.29) is 6.42 Å². The van der Waals surface area contributed by atoms with Crippen LogP contribution in [-0.4, -0.2) is 26.3 Å². The van der Waals surface area contributed by atoms with E-state index in [1.165, 1.54) is 0 Å². The van der Waals surface area contributed by atoms with Crippen LogP contribution in [0.4, 0.5) is 0 Å². The highest BCUT2D eigenvalue weighted by Gasteiger charge is 2.19. The molecule has 0 bridgehead atoms. The summed E-state index contributed by atoms with van der Waals surface area (Å²) in [6, 6.07) is 1.91. The molecule has 9 heteroatoms. The van der Waals surface area contributed by atoms with Gasteiger partial charge in [-0.25, -0.2) is 0 Å². The Labute approximate surface area is 148 Å². The molecule has 0 aliphatic heterocycles. The molecule has 0 spiro atoms. The van der Waals surface area contributed by atoms with Crippen molar-refractivity contribution in [1.82, 2.24) is 20.3 Å². The van der Waals surface area contributed by atoms with Crippen molar-refractivity contribution in [2.24, 2.45) is 0 Å². The third-order valence-electron chi connectivity index (χ3n) is 3.40. The van der Waals surface area contributed by atoms with Gasteiger partial charge in [-0.1, -0.05) is 17.2 Å². The fraction of sp³-hybridized carbons (Fsp3) is 0.438. The number of hydrogen-bond donors (Lipinski definition) is 0. The quantitative estimate of drug-likeness (QED) is 0.562. The number of ether oxygens (including phenoxy) is 1. The Morgan fingerprint density at radius 1 is 1.28 bits per heavy atom. The topological polar surface area (TPSA) is 104 Å². The highest BCUT2D eigenvalue weighted by atomic mass is 32.1. The fourth-order valence-electron chi connectivity index (χ4n) is 2.14. The van der Waals surface area contributed by atoms with Gasteiger partial charge in [-0.3, -0.25) is 4.79 Å². The summed E-state index contributed by atoms with van der Waals surface area (Å²) in [6.45, 7) is 3.73. The van der Waals surface area contributed by atoms with Crippen molar-refractivity contribution in [3.8, 4) is 11.4 Å². The Hall–Kier alpha value is -2.55. The predicted molar refractivity (Wildman–Crippen MR) is 88.7 cm³/mol. The molecule has 3 rings (SSSR count). The lowest BCUT2D eigenvalue weighted by Crippen LogP contribution is -2.10. The number of aromatic nitrogens is 4. The molecule has 3 aromatic heterocycles. The van der Waals surface area contributed by atoms with Gasteiger partial charge in [0.25, 0.3) is 5.89 Å². The average Bonchev–Trinajstić information content (AvgIpc) is 3.33. The van der Waals surface area contributed by atoms with Crippen molar-refractivity contribution in [3.63, 3.8) is 0 Å². The van der Waals surface area contributed by atoms with Crippen molar-refractivity contribution < 1.29 is 18.6 Å². The summed E-state index contributed by atoms with van der Waals surface area (Å²) in [5.74, 6) is 1.45. The SMILES string of the molecule is CCCc1noc(C(C)OC(=O)CCc2nc(-c3ccsc3)no2)n1. The zero-order chi connectivity index (χ0) is 17.6. The van der Waals surface area contributed by atoms with E-state index in [0.29, 0.717) is 29.9 Å². The zero-order valence-corrected chi connectivity index (χ0v) is 14.8. The molecule has 0 N–H and O–H groups in total. The third kappa shape index (κ3) is 4.50. The van der Waals surface area contributed by atoms with E-state index < -0.39 is 12.1 Å². The molecule has 0 saturated carbocycles. The van der Waals surface area contributed by atoms with Crippen LogP contribution in [0.25, 0.3) is 11.4 Å². The maximum Gasteiger partial charge on any atom is 0.307 e. The molecule has 0 aromatic carbocycles. The molecule has 0 fully saturated rings. The Morgan fingerprint density at radius 3 is 2.92 bits per heavy atom. The first kappa shape index (κ1) is 17.3. The smallest absolute Gasteiger partial charge is 0.307 e. The lowest BCUT2D eigenvalue weighted by molar-refractivity contribution is -0.149. The van der Waals surface area contributed by atoms with E-state index in [9.17, 15) is 4.79 Å². The summed E-state index contributed by atoms with van der Waals surface area (Å²) >= 11 is 1.56. The number of rotatable bonds is 8. The summed E-state index contributed by atoms with van der Waals surface area (Å²) in [5, 5.41) is 11.6. The summed E-state index contributed by atoms with van der Waals surface area (Å²) in [5.41, 5.74) is 0.899. The molecular formula is C16H18N4O4S. The maximum atomic E-state index is 12.0. The zero-order valence-electron chi connectivity index (χ0n) is 14.0. The second-order valence-corrected chi connectivity index (χ2v) is 6.23. The van der Waals surface area contributed by atoms with Crippen molar-refractivity contribution in [3.05, 3.63) is 34.4 Å². The van der Waals surface area contributed by atoms with Crippen LogP contribution in [-0.2, 0) is 22.4 Å². The second-order valence-electron chi connectivity index (χ2n) is 5.45. The number of carbonyl (C=O) groups is 1. The van der Waals surface area contributed by atoms with Gasteiger partial charge in [-0.05, 0) is 24.8 Å². The standard InChI is InChI=1S/C16H18N4O4S/c1-3-4-12-17-16(24-19-12)10(2)22-14(21)6-5-13-18-15(20-23-13)11-7-8-25-9-11/h7-10H,3-6H2,1-2H3. The first-order chi connectivity index (χ1) is 12.2. The van der Waals surface area contributed by atoms with Crippen LogP contribution >= 0.6 is 11.3 Å². The number of nitrogens with zero attached hydrogens (tertiary/aromatic N) is 4. The first-order valence-electron chi connectivity index (χ1n) is 8.02. The molecule has 0 amide bonds. The van der Waals surface area contributed by atoms with Crippen molar-refractivity contribution in [1.29, 1.82) is 0 Å². The highest BCUT2D eigenvalue weighted by Crippen LogP contribution is 2.20. The number of esters is 1. The molecular weight excluding hydrogens is 344 g/mol. The lowest BCUT2D eigenvalue weighted by atomic mass is 10.3. The molecule has 3 aromatic rings. The molecule has 0 aliphatic rings. The van der Waals surface area contributed by atoms with Crippen LogP contribution in [0.1, 0.15) is 50.4 Å². The van der Waals surface area contributed by atoms with Gasteiger partial charge >= 0.3 is 5.97 Å². The fourth-order valence-corrected chi connectivity index (χ4v) is 2.77. The summed E-state index contributed by atoms with van der Waals surface area (Å²) < 4.78 is 15.6. The Morgan fingerprint density at radius 2 is 2.16 bits per heavy atom. The van der Waals surface area contributed by atoms with Crippen LogP contribution in [0.2, 0.25) is 0 Å². The Balaban J connectivity index is 1.49. The van der Waals surface area contributed by atoms with E-state index >= 15 is 0 Å². The van der Waals surface area contributed by atoms with E-state index in [2.05, 4.69) is 20.3 Å². The Kier molecular flexibility index (Phi) is 5.54. The van der Waals surface area contributed by atoms with Crippen LogP contribution in [0.5, 0.6) is 0 Å². The Bertz CT molecular complexity index is 812. The van der Waals surface area contributed by atoms with Crippen molar-refractivity contribution in [2.45, 2.75) is 45.6 Å². The normalized spacial score (nSPS) is 12.2. The van der Waals surface area contributed by atoms with Gasteiger partial charge in [0.2, 0.25) is 11.7 Å². The molecule has 1 atom stereocenters. The third-order valence-corrected chi connectivity index (χ3v) is 4.09. The minimum absolute atomic E-state index is 0.131. The molecule has 8 nitrogen and oxygen atoms in total. The number of aryl methyl sites for hydroxylation is 2. The van der Waals surface area contributed by atoms with E-state index in [0.717, 1.165) is 18.4 Å². The molecule has 3 heterocycles. The molecule has 0 aliphatic carbocycles. The largest absolute Gasteiger partial charge is 0.453 e. The minimum Gasteiger partial charge on any atom is -0.453 e. The maximum absolute atomic E-state index is 12.0. The van der Waals surface area contributed by atoms with Gasteiger partial charge in [-0.15, -0.1) is 0 Å². The predicted octanol–water partition coefficient (Wildman–Crippen LogP) is 3.37. The molecule has 0 radical (unpaired) electrons. The second kappa shape index (κ2) is 8.02. The molecule has 132 valence electrons. The first-order valence-corrected chi connectivity index (χ1v) is 8.97. The van der Waals surface area contributed by atoms with Gasteiger partial charge in [0, 0.05) is 23.8 Å². The van der Waals surface area contributed by atoms with Gasteiger partial charge in [-0.2, -0.15) is 21.3 Å². The van der Waals surface area contributed by atoms with Gasteiger partial charge in [0.15, 0.2) is 11.9 Å². The monoisotopic (exact) mass is 362 g/mol. The summed E-state index contributed by atoms with van der Waals surface area (Å²) in [7, 11) is 0.